The monoisotopic (exact) mass is 548 g/mol. The Labute approximate surface area is 223 Å². The van der Waals surface area contributed by atoms with E-state index in [0.29, 0.717) is 18.6 Å². The van der Waals surface area contributed by atoms with Crippen LogP contribution in [0.3, 0.4) is 0 Å². The van der Waals surface area contributed by atoms with E-state index in [1.807, 2.05) is 37.3 Å². The summed E-state index contributed by atoms with van der Waals surface area (Å²) < 4.78 is 48.1. The Morgan fingerprint density at radius 2 is 2.03 bits per heavy atom. The van der Waals surface area contributed by atoms with Gasteiger partial charge in [0.15, 0.2) is 6.61 Å². The molecule has 0 spiro atoms. The lowest BCUT2D eigenvalue weighted by Crippen LogP contribution is -2.43. The second kappa shape index (κ2) is 11.5. The number of pyridine rings is 1. The molecular formula is C27H31F3N4O3S. The molecule has 5 rings (SSSR count). The van der Waals surface area contributed by atoms with E-state index in [2.05, 4.69) is 20.2 Å². The van der Waals surface area contributed by atoms with Crippen LogP contribution in [0.15, 0.2) is 30.3 Å². The summed E-state index contributed by atoms with van der Waals surface area (Å²) in [5.41, 5.74) is 3.20. The third kappa shape index (κ3) is 6.81. The number of carbonyl (C=O) groups excluding carboxylic acids is 1. The average molecular weight is 549 g/mol. The lowest BCUT2D eigenvalue weighted by atomic mass is 10.0. The highest BCUT2D eigenvalue weighted by Crippen LogP contribution is 2.30. The first-order valence-corrected chi connectivity index (χ1v) is 13.7. The van der Waals surface area contributed by atoms with Gasteiger partial charge in [0.05, 0.1) is 30.0 Å². The van der Waals surface area contributed by atoms with Crippen molar-refractivity contribution in [3.8, 4) is 5.19 Å². The van der Waals surface area contributed by atoms with Crippen molar-refractivity contribution in [1.29, 1.82) is 0 Å². The van der Waals surface area contributed by atoms with Crippen molar-refractivity contribution in [2.45, 2.75) is 57.3 Å². The number of nitrogens with zero attached hydrogens (tertiary/aromatic N) is 3. The smallest absolute Gasteiger partial charge is 0.422 e. The number of aryl methyl sites for hydroxylation is 1. The summed E-state index contributed by atoms with van der Waals surface area (Å²) in [6.45, 7) is 3.63. The quantitative estimate of drug-likeness (QED) is 0.461. The Hall–Kier alpha value is -2.76. The maximum Gasteiger partial charge on any atom is 0.422 e. The van der Waals surface area contributed by atoms with Crippen LogP contribution < -0.4 is 10.1 Å². The zero-order chi connectivity index (χ0) is 26.7. The molecule has 2 atom stereocenters. The predicted molar refractivity (Wildman–Crippen MR) is 139 cm³/mol. The molecule has 0 saturated carbocycles. The Kier molecular flexibility index (Phi) is 8.15. The van der Waals surface area contributed by atoms with E-state index >= 15 is 0 Å². The predicted octanol–water partition coefficient (Wildman–Crippen LogP) is 4.71. The van der Waals surface area contributed by atoms with E-state index in [1.165, 1.54) is 11.3 Å². The molecule has 3 aromatic rings. The van der Waals surface area contributed by atoms with Gasteiger partial charge in [-0.25, -0.2) is 4.98 Å². The molecule has 0 bridgehead atoms. The lowest BCUT2D eigenvalue weighted by Gasteiger charge is -2.31. The number of benzene rings is 1. The largest absolute Gasteiger partial charge is 0.460 e. The van der Waals surface area contributed by atoms with Gasteiger partial charge in [0, 0.05) is 47.6 Å². The SMILES string of the molecule is Cc1ccc2c(C(=O)N[C@H]3CC[C@H](CCN4CCc5nc(OCC(F)(F)F)sc5CC4)OC3)cccc2n1. The fourth-order valence-corrected chi connectivity index (χ4v) is 5.95. The molecule has 2 aliphatic rings. The second-order valence-corrected chi connectivity index (χ2v) is 11.0. The van der Waals surface area contributed by atoms with Crippen LogP contribution in [0.2, 0.25) is 0 Å². The van der Waals surface area contributed by atoms with Gasteiger partial charge in [0.25, 0.3) is 11.1 Å². The summed E-state index contributed by atoms with van der Waals surface area (Å²) in [4.78, 5) is 25.1. The molecule has 1 amide bonds. The summed E-state index contributed by atoms with van der Waals surface area (Å²) in [6, 6.07) is 9.43. The summed E-state index contributed by atoms with van der Waals surface area (Å²) in [5, 5.41) is 4.07. The third-order valence-electron chi connectivity index (χ3n) is 7.03. The summed E-state index contributed by atoms with van der Waals surface area (Å²) >= 11 is 1.22. The van der Waals surface area contributed by atoms with Crippen molar-refractivity contribution in [2.75, 3.05) is 32.8 Å². The van der Waals surface area contributed by atoms with E-state index in [4.69, 9.17) is 9.47 Å². The van der Waals surface area contributed by atoms with Crippen LogP contribution >= 0.6 is 11.3 Å². The number of rotatable bonds is 7. The Bertz CT molecular complexity index is 1250. The fourth-order valence-electron chi connectivity index (χ4n) is 5.01. The molecule has 1 fully saturated rings. The van der Waals surface area contributed by atoms with Crippen LogP contribution in [0.5, 0.6) is 5.19 Å². The van der Waals surface area contributed by atoms with Crippen molar-refractivity contribution in [2.24, 2.45) is 0 Å². The van der Waals surface area contributed by atoms with Gasteiger partial charge in [0.1, 0.15) is 0 Å². The molecule has 0 aliphatic carbocycles. The van der Waals surface area contributed by atoms with Gasteiger partial charge in [-0.1, -0.05) is 23.5 Å². The number of amides is 1. The highest BCUT2D eigenvalue weighted by molar-refractivity contribution is 7.13. The number of nitrogens with one attached hydrogen (secondary N) is 1. The minimum absolute atomic E-state index is 0.0265. The number of ether oxygens (including phenoxy) is 2. The van der Waals surface area contributed by atoms with Crippen molar-refractivity contribution >= 4 is 28.1 Å². The van der Waals surface area contributed by atoms with Crippen molar-refractivity contribution in [1.82, 2.24) is 20.2 Å². The molecule has 1 saturated heterocycles. The molecule has 38 heavy (non-hydrogen) atoms. The number of hydrogen-bond acceptors (Lipinski definition) is 7. The zero-order valence-electron chi connectivity index (χ0n) is 21.2. The van der Waals surface area contributed by atoms with E-state index < -0.39 is 12.8 Å². The Morgan fingerprint density at radius 3 is 2.82 bits per heavy atom. The number of hydrogen-bond donors (Lipinski definition) is 1. The van der Waals surface area contributed by atoms with Gasteiger partial charge in [-0.15, -0.1) is 0 Å². The van der Waals surface area contributed by atoms with E-state index in [0.717, 1.165) is 72.5 Å². The molecule has 7 nitrogen and oxygen atoms in total. The standard InChI is InChI=1S/C27H31F3N4O3S/c1-17-5-8-20-21(3-2-4-22(20)31-17)25(35)32-18-6-7-19(36-15-18)9-12-34-13-10-23-24(11-14-34)38-26(33-23)37-16-27(28,29)30/h2-5,8,18-19H,6-7,9-16H2,1H3,(H,32,35)/t18-,19+/m0/s1. The van der Waals surface area contributed by atoms with Crippen LogP contribution in [-0.4, -0.2) is 71.9 Å². The van der Waals surface area contributed by atoms with Crippen molar-refractivity contribution < 1.29 is 27.4 Å². The van der Waals surface area contributed by atoms with Crippen LogP contribution in [0.4, 0.5) is 13.2 Å². The van der Waals surface area contributed by atoms with E-state index in [-0.39, 0.29) is 23.2 Å². The minimum atomic E-state index is -4.36. The highest BCUT2D eigenvalue weighted by Gasteiger charge is 2.30. The van der Waals surface area contributed by atoms with E-state index in [1.54, 1.807) is 0 Å². The fraction of sp³-hybridized carbons (Fsp3) is 0.519. The van der Waals surface area contributed by atoms with Crippen LogP contribution in [0, 0.1) is 6.92 Å². The van der Waals surface area contributed by atoms with Gasteiger partial charge < -0.3 is 19.7 Å². The molecule has 2 aliphatic heterocycles. The van der Waals surface area contributed by atoms with Gasteiger partial charge in [-0.3, -0.25) is 9.78 Å². The second-order valence-electron chi connectivity index (χ2n) is 9.91. The van der Waals surface area contributed by atoms with Crippen LogP contribution in [0.1, 0.15) is 45.9 Å². The summed E-state index contributed by atoms with van der Waals surface area (Å²) in [6.07, 6.45) is -0.124. The molecule has 1 N–H and O–H groups in total. The van der Waals surface area contributed by atoms with Gasteiger partial charge in [-0.05, 0) is 50.8 Å². The first kappa shape index (κ1) is 26.8. The van der Waals surface area contributed by atoms with Crippen LogP contribution in [0.25, 0.3) is 10.9 Å². The normalized spacial score (nSPS) is 20.6. The number of alkyl halides is 3. The van der Waals surface area contributed by atoms with Gasteiger partial charge in [0.2, 0.25) is 0 Å². The molecule has 4 heterocycles. The minimum Gasteiger partial charge on any atom is -0.460 e. The number of aromatic nitrogens is 2. The lowest BCUT2D eigenvalue weighted by molar-refractivity contribution is -0.153. The number of thiazole rings is 1. The molecule has 1 aromatic carbocycles. The molecule has 204 valence electrons. The maximum atomic E-state index is 13.0. The topological polar surface area (TPSA) is 76.6 Å². The number of fused-ring (bicyclic) bond motifs is 2. The molecule has 0 radical (unpaired) electrons. The molecule has 2 aromatic heterocycles. The first-order chi connectivity index (χ1) is 18.2. The average Bonchev–Trinajstić information content (AvgIpc) is 3.19. The van der Waals surface area contributed by atoms with E-state index in [9.17, 15) is 18.0 Å². The number of halogens is 3. The molecule has 0 unspecified atom stereocenters. The van der Waals surface area contributed by atoms with Crippen LogP contribution in [-0.2, 0) is 17.6 Å². The maximum absolute atomic E-state index is 13.0. The zero-order valence-corrected chi connectivity index (χ0v) is 22.0. The molecular weight excluding hydrogens is 517 g/mol. The summed E-state index contributed by atoms with van der Waals surface area (Å²) in [5.74, 6) is -0.106. The molecule has 11 heteroatoms. The van der Waals surface area contributed by atoms with Crippen molar-refractivity contribution in [3.05, 3.63) is 52.2 Å². The Morgan fingerprint density at radius 1 is 1.18 bits per heavy atom. The highest BCUT2D eigenvalue weighted by atomic mass is 32.1. The number of carbonyl (C=O) groups is 1. The first-order valence-electron chi connectivity index (χ1n) is 12.9. The summed E-state index contributed by atoms with van der Waals surface area (Å²) in [7, 11) is 0. The van der Waals surface area contributed by atoms with Crippen molar-refractivity contribution in [3.63, 3.8) is 0 Å². The van der Waals surface area contributed by atoms with Gasteiger partial charge in [-0.2, -0.15) is 13.2 Å². The van der Waals surface area contributed by atoms with Gasteiger partial charge >= 0.3 is 6.18 Å². The third-order valence-corrected chi connectivity index (χ3v) is 8.10. The Balaban J connectivity index is 1.05.